The molecule has 0 spiro atoms. The van der Waals surface area contributed by atoms with E-state index in [1.165, 1.54) is 23.1 Å². The molecule has 0 aliphatic carbocycles. The van der Waals surface area contributed by atoms with E-state index >= 15 is 0 Å². The second kappa shape index (κ2) is 12.5. The molecule has 43 heavy (non-hydrogen) atoms. The van der Waals surface area contributed by atoms with Crippen LogP contribution in [-0.2, 0) is 32.2 Å². The van der Waals surface area contributed by atoms with E-state index in [2.05, 4.69) is 9.71 Å². The first-order valence-corrected chi connectivity index (χ1v) is 15.1. The quantitative estimate of drug-likeness (QED) is 0.213. The average molecular weight is 620 g/mol. The predicted molar refractivity (Wildman–Crippen MR) is 154 cm³/mol. The van der Waals surface area contributed by atoms with Crippen molar-refractivity contribution in [2.24, 2.45) is 0 Å². The van der Waals surface area contributed by atoms with Gasteiger partial charge >= 0.3 is 12.1 Å². The number of nitrogens with zero attached hydrogens (tertiary/aromatic N) is 2. The number of phenols is 1. The summed E-state index contributed by atoms with van der Waals surface area (Å²) in [5.41, 5.74) is -0.696. The molecule has 1 aromatic heterocycles. The van der Waals surface area contributed by atoms with Crippen molar-refractivity contribution in [1.29, 1.82) is 0 Å². The molecule has 13 heteroatoms. The maximum atomic E-state index is 13.4. The number of aromatic hydroxyl groups is 1. The number of aromatic nitrogens is 1. The standard InChI is InChI=1S/C30H32F3N3O6S/c1-3-15-29(16-14-20-8-11-24(37)12-9-20)18-25(38)27(28(39)42-29)36(4-2)23-7-5-6-22(17-23)35-43(40,41)26-13-10-21(19-34-26)30(31,32)33/h5-13,17,19,35,37-38H,3-4,14-16,18H2,1-2H3. The number of rotatable bonds is 11. The topological polar surface area (TPSA) is 129 Å². The van der Waals surface area contributed by atoms with Crippen LogP contribution < -0.4 is 9.62 Å². The van der Waals surface area contributed by atoms with E-state index in [4.69, 9.17) is 4.74 Å². The van der Waals surface area contributed by atoms with Gasteiger partial charge in [0.15, 0.2) is 10.7 Å². The lowest BCUT2D eigenvalue weighted by molar-refractivity contribution is -0.160. The number of pyridine rings is 1. The highest BCUT2D eigenvalue weighted by atomic mass is 32.2. The highest BCUT2D eigenvalue weighted by molar-refractivity contribution is 7.92. The first-order valence-electron chi connectivity index (χ1n) is 13.6. The number of ether oxygens (including phenoxy) is 1. The Hall–Kier alpha value is -4.26. The van der Waals surface area contributed by atoms with Crippen LogP contribution >= 0.6 is 0 Å². The van der Waals surface area contributed by atoms with E-state index in [9.17, 15) is 36.6 Å². The number of aliphatic hydroxyl groups excluding tert-OH is 1. The Labute approximate surface area is 247 Å². The summed E-state index contributed by atoms with van der Waals surface area (Å²) >= 11 is 0. The van der Waals surface area contributed by atoms with Gasteiger partial charge in [-0.05, 0) is 74.2 Å². The number of carbonyl (C=O) groups excluding carboxylic acids is 1. The number of hydrogen-bond acceptors (Lipinski definition) is 8. The number of benzene rings is 2. The lowest BCUT2D eigenvalue weighted by atomic mass is 9.84. The molecule has 1 atom stereocenters. The largest absolute Gasteiger partial charge is 0.510 e. The van der Waals surface area contributed by atoms with Gasteiger partial charge in [-0.15, -0.1) is 0 Å². The van der Waals surface area contributed by atoms with E-state index in [1.54, 1.807) is 37.3 Å². The lowest BCUT2D eigenvalue weighted by Gasteiger charge is -2.39. The number of halogens is 3. The van der Waals surface area contributed by atoms with Gasteiger partial charge in [-0.25, -0.2) is 9.78 Å². The number of alkyl halides is 3. The number of aliphatic hydroxyl groups is 1. The number of nitrogens with one attached hydrogen (secondary N) is 1. The molecule has 1 aliphatic heterocycles. The molecule has 0 fully saturated rings. The minimum absolute atomic E-state index is 0.0659. The van der Waals surface area contributed by atoms with Crippen molar-refractivity contribution in [2.75, 3.05) is 16.2 Å². The van der Waals surface area contributed by atoms with Crippen LogP contribution in [0.2, 0.25) is 0 Å². The van der Waals surface area contributed by atoms with Crippen molar-refractivity contribution in [3.8, 4) is 5.75 Å². The summed E-state index contributed by atoms with van der Waals surface area (Å²) in [4.78, 5) is 18.4. The van der Waals surface area contributed by atoms with Crippen LogP contribution in [0.25, 0.3) is 0 Å². The van der Waals surface area contributed by atoms with Crippen LogP contribution in [0, 0.1) is 0 Å². The van der Waals surface area contributed by atoms with E-state index in [0.717, 1.165) is 11.6 Å². The Morgan fingerprint density at radius 1 is 1.05 bits per heavy atom. The lowest BCUT2D eigenvalue weighted by Crippen LogP contribution is -2.44. The Balaban J connectivity index is 1.56. The molecule has 0 amide bonds. The summed E-state index contributed by atoms with van der Waals surface area (Å²) in [5, 5.41) is 20.1. The SMILES string of the molecule is CCCC1(CCc2ccc(O)cc2)CC(O)=C(N(CC)c2cccc(NS(=O)(=O)c3ccc(C(F)(F)F)cn3)c2)C(=O)O1. The highest BCUT2D eigenvalue weighted by Crippen LogP contribution is 2.39. The Morgan fingerprint density at radius 2 is 1.77 bits per heavy atom. The normalized spacial score (nSPS) is 17.5. The molecule has 1 aliphatic rings. The van der Waals surface area contributed by atoms with Crippen LogP contribution in [0.15, 0.2) is 83.3 Å². The Kier molecular flexibility index (Phi) is 9.24. The monoisotopic (exact) mass is 619 g/mol. The summed E-state index contributed by atoms with van der Waals surface area (Å²) in [5.74, 6) is -0.726. The van der Waals surface area contributed by atoms with Crippen molar-refractivity contribution in [2.45, 2.75) is 62.8 Å². The summed E-state index contributed by atoms with van der Waals surface area (Å²) in [7, 11) is -4.34. The average Bonchev–Trinajstić information content (AvgIpc) is 2.94. The molecule has 3 N–H and O–H groups in total. The number of likely N-dealkylation sites (N-methyl/N-ethyl adjacent to an activating group) is 1. The highest BCUT2D eigenvalue weighted by Gasteiger charge is 2.43. The first-order chi connectivity index (χ1) is 20.3. The number of hydrogen-bond donors (Lipinski definition) is 3. The minimum Gasteiger partial charge on any atom is -0.510 e. The van der Waals surface area contributed by atoms with Crippen LogP contribution in [0.4, 0.5) is 24.5 Å². The summed E-state index contributed by atoms with van der Waals surface area (Å²) in [6.45, 7) is 3.92. The summed E-state index contributed by atoms with van der Waals surface area (Å²) in [6.07, 6.45) is -1.89. The van der Waals surface area contributed by atoms with Gasteiger partial charge in [-0.3, -0.25) is 4.72 Å². The predicted octanol–water partition coefficient (Wildman–Crippen LogP) is 6.32. The molecule has 2 heterocycles. The van der Waals surface area contributed by atoms with Gasteiger partial charge in [0, 0.05) is 24.8 Å². The second-order valence-corrected chi connectivity index (χ2v) is 11.9. The molecule has 0 saturated carbocycles. The van der Waals surface area contributed by atoms with E-state index in [0.29, 0.717) is 43.6 Å². The molecule has 1 unspecified atom stereocenters. The number of cyclic esters (lactones) is 1. The van der Waals surface area contributed by atoms with Crippen molar-refractivity contribution < 1.29 is 41.3 Å². The number of aryl methyl sites for hydroxylation is 1. The maximum Gasteiger partial charge on any atom is 0.417 e. The van der Waals surface area contributed by atoms with Crippen LogP contribution in [0.5, 0.6) is 5.75 Å². The van der Waals surface area contributed by atoms with E-state index in [1.807, 2.05) is 6.92 Å². The summed E-state index contributed by atoms with van der Waals surface area (Å²) < 4.78 is 72.5. The molecule has 230 valence electrons. The van der Waals surface area contributed by atoms with Crippen molar-refractivity contribution in [1.82, 2.24) is 4.98 Å². The Morgan fingerprint density at radius 3 is 2.35 bits per heavy atom. The molecular formula is C30H32F3N3O6S. The van der Waals surface area contributed by atoms with Gasteiger partial charge in [-0.1, -0.05) is 31.5 Å². The third-order valence-electron chi connectivity index (χ3n) is 7.11. The molecule has 9 nitrogen and oxygen atoms in total. The first kappa shape index (κ1) is 31.7. The zero-order valence-corrected chi connectivity index (χ0v) is 24.4. The fraction of sp³-hybridized carbons (Fsp3) is 0.333. The van der Waals surface area contributed by atoms with Gasteiger partial charge in [0.25, 0.3) is 10.0 Å². The number of phenolic OH excluding ortho intramolecular Hbond substituents is 1. The number of carbonyl (C=O) groups is 1. The van der Waals surface area contributed by atoms with Gasteiger partial charge in [0.1, 0.15) is 17.1 Å². The summed E-state index contributed by atoms with van der Waals surface area (Å²) in [6, 6.07) is 14.1. The molecule has 0 radical (unpaired) electrons. The fourth-order valence-electron chi connectivity index (χ4n) is 5.07. The molecule has 0 saturated heterocycles. The smallest absolute Gasteiger partial charge is 0.417 e. The number of anilines is 2. The zero-order valence-electron chi connectivity index (χ0n) is 23.6. The van der Waals surface area contributed by atoms with Gasteiger partial charge in [-0.2, -0.15) is 21.6 Å². The van der Waals surface area contributed by atoms with E-state index in [-0.39, 0.29) is 35.9 Å². The molecule has 3 aromatic rings. The zero-order chi connectivity index (χ0) is 31.4. The van der Waals surface area contributed by atoms with Crippen LogP contribution in [0.1, 0.15) is 50.7 Å². The molecule has 0 bridgehead atoms. The third-order valence-corrected chi connectivity index (χ3v) is 8.41. The van der Waals surface area contributed by atoms with Gasteiger partial charge < -0.3 is 19.8 Å². The number of esters is 1. The Bertz CT molecular complexity index is 1590. The second-order valence-electron chi connectivity index (χ2n) is 10.2. The van der Waals surface area contributed by atoms with E-state index < -0.39 is 38.4 Å². The maximum absolute atomic E-state index is 13.4. The van der Waals surface area contributed by atoms with Crippen LogP contribution in [0.3, 0.4) is 0 Å². The van der Waals surface area contributed by atoms with Crippen molar-refractivity contribution >= 4 is 27.4 Å². The molecular weight excluding hydrogens is 587 g/mol. The minimum atomic E-state index is -4.66. The third kappa shape index (κ3) is 7.39. The number of sulfonamides is 1. The van der Waals surface area contributed by atoms with Gasteiger partial charge in [0.2, 0.25) is 0 Å². The fourth-order valence-corrected chi connectivity index (χ4v) is 6.05. The molecule has 4 rings (SSSR count). The van der Waals surface area contributed by atoms with Crippen molar-refractivity contribution in [3.05, 3.63) is 89.4 Å². The van der Waals surface area contributed by atoms with Crippen LogP contribution in [-0.4, -0.2) is 41.7 Å². The molecule has 2 aromatic carbocycles. The van der Waals surface area contributed by atoms with Crippen molar-refractivity contribution in [3.63, 3.8) is 0 Å². The van der Waals surface area contributed by atoms with Gasteiger partial charge in [0.05, 0.1) is 11.3 Å².